The summed E-state index contributed by atoms with van der Waals surface area (Å²) in [4.78, 5) is 30.8. The summed E-state index contributed by atoms with van der Waals surface area (Å²) < 4.78 is 0. The van der Waals surface area contributed by atoms with E-state index in [9.17, 15) is 9.59 Å². The fourth-order valence-corrected chi connectivity index (χ4v) is 4.83. The van der Waals surface area contributed by atoms with Gasteiger partial charge in [0, 0.05) is 48.4 Å². The van der Waals surface area contributed by atoms with Crippen molar-refractivity contribution in [2.75, 3.05) is 11.9 Å². The molecule has 1 saturated carbocycles. The Bertz CT molecular complexity index is 1120. The Morgan fingerprint density at radius 1 is 1.18 bits per heavy atom. The van der Waals surface area contributed by atoms with Crippen LogP contribution in [0.5, 0.6) is 0 Å². The zero-order valence-corrected chi connectivity index (χ0v) is 20.5. The molecule has 3 rings (SSSR count). The summed E-state index contributed by atoms with van der Waals surface area (Å²) in [5.74, 6) is -0.215. The fourth-order valence-electron chi connectivity index (χ4n) is 4.83. The summed E-state index contributed by atoms with van der Waals surface area (Å²) in [5, 5.41) is 10.8. The predicted octanol–water partition coefficient (Wildman–Crippen LogP) is 5.05. The molecule has 1 amide bonds. The molecule has 0 aliphatic heterocycles. The normalized spacial score (nSPS) is 14.8. The minimum absolute atomic E-state index is 0.165. The molecule has 0 radical (unpaired) electrons. The second kappa shape index (κ2) is 10.6. The fraction of sp³-hybridized carbons (Fsp3) is 0.444. The van der Waals surface area contributed by atoms with E-state index >= 15 is 0 Å². The summed E-state index contributed by atoms with van der Waals surface area (Å²) in [5.41, 5.74) is 6.20. The lowest BCUT2D eigenvalue weighted by molar-refractivity contribution is 0.0950. The zero-order valence-electron chi connectivity index (χ0n) is 20.5. The molecule has 1 aromatic carbocycles. The van der Waals surface area contributed by atoms with Gasteiger partial charge in [-0.25, -0.2) is 0 Å². The number of nitrogens with one attached hydrogen (secondary N) is 3. The lowest BCUT2D eigenvalue weighted by Gasteiger charge is -2.34. The van der Waals surface area contributed by atoms with Crippen molar-refractivity contribution in [2.45, 2.75) is 72.4 Å². The van der Waals surface area contributed by atoms with Gasteiger partial charge in [-0.05, 0) is 81.0 Å². The number of hydrogen-bond acceptors (Lipinski definition) is 4. The van der Waals surface area contributed by atoms with Crippen molar-refractivity contribution in [3.63, 3.8) is 0 Å². The number of benzene rings is 1. The van der Waals surface area contributed by atoms with Gasteiger partial charge in [0.05, 0.1) is 0 Å². The first-order valence-corrected chi connectivity index (χ1v) is 11.8. The van der Waals surface area contributed by atoms with Gasteiger partial charge in [-0.2, -0.15) is 0 Å². The van der Waals surface area contributed by atoms with Crippen molar-refractivity contribution in [2.24, 2.45) is 0 Å². The quantitative estimate of drug-likeness (QED) is 0.518. The van der Waals surface area contributed by atoms with Crippen LogP contribution in [0, 0.1) is 26.2 Å². The van der Waals surface area contributed by atoms with Gasteiger partial charge in [-0.3, -0.25) is 9.59 Å². The number of rotatable bonds is 7. The molecule has 3 N–H and O–H groups in total. The Balaban J connectivity index is 1.97. The third kappa shape index (κ3) is 5.44. The van der Waals surface area contributed by atoms with E-state index < -0.39 is 0 Å². The molecule has 6 nitrogen and oxygen atoms in total. The van der Waals surface area contributed by atoms with Gasteiger partial charge in [0.1, 0.15) is 0 Å². The van der Waals surface area contributed by atoms with Crippen LogP contribution in [-0.2, 0) is 6.54 Å². The van der Waals surface area contributed by atoms with Crippen molar-refractivity contribution in [3.05, 3.63) is 68.1 Å². The number of allylic oxidation sites excluding steroid dienone is 2. The van der Waals surface area contributed by atoms with Crippen molar-refractivity contribution in [3.8, 4) is 0 Å². The summed E-state index contributed by atoms with van der Waals surface area (Å²) in [6.45, 7) is 7.78. The number of H-pyrrole nitrogens is 1. The Kier molecular flexibility index (Phi) is 7.90. The molecule has 0 unspecified atom stereocenters. The Hall–Kier alpha value is -3.15. The van der Waals surface area contributed by atoms with Gasteiger partial charge in [-0.1, -0.05) is 25.3 Å². The molecule has 0 bridgehead atoms. The standard InChI is InChI=1S/C27H36N4O2/c1-6-20(15-28)21-13-23(19(4)25(14-21)31(5)22-10-8-7-9-11-22)26(32)29-16-24-17(2)12-18(3)30-27(24)33/h6,12-15,22,28H,7-11,16H2,1-5H3,(H,29,32)(H,30,33)/b20-6+,28-15?. The zero-order chi connectivity index (χ0) is 24.1. The molecule has 1 heterocycles. The van der Waals surface area contributed by atoms with Gasteiger partial charge >= 0.3 is 0 Å². The predicted molar refractivity (Wildman–Crippen MR) is 137 cm³/mol. The first-order chi connectivity index (χ1) is 15.8. The third-order valence-electron chi connectivity index (χ3n) is 6.85. The van der Waals surface area contributed by atoms with Crippen molar-refractivity contribution >= 4 is 23.4 Å². The molecule has 1 fully saturated rings. The van der Waals surface area contributed by atoms with Crippen molar-refractivity contribution in [1.29, 1.82) is 5.41 Å². The van der Waals surface area contributed by atoms with Crippen LogP contribution in [0.3, 0.4) is 0 Å². The Morgan fingerprint density at radius 3 is 2.48 bits per heavy atom. The van der Waals surface area contributed by atoms with Crippen LogP contribution >= 0.6 is 0 Å². The number of pyridine rings is 1. The van der Waals surface area contributed by atoms with Crippen molar-refractivity contribution in [1.82, 2.24) is 10.3 Å². The minimum Gasteiger partial charge on any atom is -0.371 e. The van der Waals surface area contributed by atoms with E-state index in [4.69, 9.17) is 5.41 Å². The summed E-state index contributed by atoms with van der Waals surface area (Å²) in [6, 6.07) is 6.31. The molecule has 6 heteroatoms. The molecule has 2 aromatic rings. The molecule has 1 aliphatic carbocycles. The van der Waals surface area contributed by atoms with E-state index in [1.165, 1.54) is 25.5 Å². The number of aryl methyl sites for hydroxylation is 2. The lowest BCUT2D eigenvalue weighted by atomic mass is 9.92. The van der Waals surface area contributed by atoms with Gasteiger partial charge in [0.15, 0.2) is 0 Å². The summed E-state index contributed by atoms with van der Waals surface area (Å²) in [6.07, 6.45) is 9.25. The maximum Gasteiger partial charge on any atom is 0.253 e. The molecular weight excluding hydrogens is 412 g/mol. The van der Waals surface area contributed by atoms with Crippen LogP contribution in [0.2, 0.25) is 0 Å². The molecule has 176 valence electrons. The Morgan fingerprint density at radius 2 is 1.88 bits per heavy atom. The van der Waals surface area contributed by atoms with E-state index in [-0.39, 0.29) is 18.0 Å². The number of nitrogens with zero attached hydrogens (tertiary/aromatic N) is 1. The lowest BCUT2D eigenvalue weighted by Crippen LogP contribution is -2.34. The second-order valence-electron chi connectivity index (χ2n) is 9.08. The average Bonchev–Trinajstić information content (AvgIpc) is 2.80. The molecule has 0 saturated heterocycles. The second-order valence-corrected chi connectivity index (χ2v) is 9.08. The highest BCUT2D eigenvalue weighted by atomic mass is 16.1. The highest BCUT2D eigenvalue weighted by molar-refractivity contribution is 6.10. The van der Waals surface area contributed by atoms with Crippen LogP contribution in [0.4, 0.5) is 5.69 Å². The van der Waals surface area contributed by atoms with Gasteiger partial charge in [-0.15, -0.1) is 0 Å². The minimum atomic E-state index is -0.215. The maximum atomic E-state index is 13.3. The highest BCUT2D eigenvalue weighted by Gasteiger charge is 2.23. The SMILES string of the molecule is C/C=C(\C=N)c1cc(C(=O)NCc2c(C)cc(C)[nH]c2=O)c(C)c(N(C)C2CCCCC2)c1. The average molecular weight is 449 g/mol. The number of amides is 1. The van der Waals surface area contributed by atoms with Crippen LogP contribution in [0.25, 0.3) is 5.57 Å². The molecule has 33 heavy (non-hydrogen) atoms. The Labute approximate surface area is 196 Å². The number of anilines is 1. The van der Waals surface area contributed by atoms with E-state index in [0.29, 0.717) is 17.2 Å². The number of carbonyl (C=O) groups is 1. The molecule has 1 aliphatic rings. The van der Waals surface area contributed by atoms with E-state index in [2.05, 4.69) is 28.3 Å². The van der Waals surface area contributed by atoms with Gasteiger partial charge < -0.3 is 20.6 Å². The monoisotopic (exact) mass is 448 g/mol. The number of aromatic amines is 1. The van der Waals surface area contributed by atoms with Gasteiger partial charge in [0.2, 0.25) is 0 Å². The first-order valence-electron chi connectivity index (χ1n) is 11.8. The van der Waals surface area contributed by atoms with Crippen LogP contribution in [0.15, 0.2) is 29.1 Å². The molecule has 0 spiro atoms. The third-order valence-corrected chi connectivity index (χ3v) is 6.85. The largest absolute Gasteiger partial charge is 0.371 e. The molecule has 0 atom stereocenters. The highest BCUT2D eigenvalue weighted by Crippen LogP contribution is 2.32. The maximum absolute atomic E-state index is 13.3. The van der Waals surface area contributed by atoms with Crippen LogP contribution in [0.1, 0.15) is 77.3 Å². The smallest absolute Gasteiger partial charge is 0.253 e. The number of aromatic nitrogens is 1. The van der Waals surface area contributed by atoms with Gasteiger partial charge in [0.25, 0.3) is 11.5 Å². The van der Waals surface area contributed by atoms with Crippen LogP contribution in [-0.4, -0.2) is 30.2 Å². The topological polar surface area (TPSA) is 89.0 Å². The van der Waals surface area contributed by atoms with E-state index in [1.807, 2.05) is 45.9 Å². The van der Waals surface area contributed by atoms with E-state index in [0.717, 1.165) is 46.5 Å². The van der Waals surface area contributed by atoms with Crippen molar-refractivity contribution < 1.29 is 4.79 Å². The summed E-state index contributed by atoms with van der Waals surface area (Å²) >= 11 is 0. The summed E-state index contributed by atoms with van der Waals surface area (Å²) in [7, 11) is 2.11. The van der Waals surface area contributed by atoms with Crippen LogP contribution < -0.4 is 15.8 Å². The molecular formula is C27H36N4O2. The molecule has 1 aromatic heterocycles. The number of hydrogen-bond donors (Lipinski definition) is 3. The van der Waals surface area contributed by atoms with E-state index in [1.54, 1.807) is 0 Å². The first kappa shape index (κ1) is 24.5. The number of carbonyl (C=O) groups excluding carboxylic acids is 1.